The number of hydrogen-bond acceptors (Lipinski definition) is 2. The summed E-state index contributed by atoms with van der Waals surface area (Å²) in [7, 11) is 0. The molecule has 3 aromatic rings. The van der Waals surface area contributed by atoms with Crippen molar-refractivity contribution in [1.29, 1.82) is 0 Å². The Bertz CT molecular complexity index is 723. The molecule has 0 bridgehead atoms. The number of benzene rings is 1. The lowest BCUT2D eigenvalue weighted by molar-refractivity contribution is 0.542. The van der Waals surface area contributed by atoms with Gasteiger partial charge in [-0.2, -0.15) is 0 Å². The van der Waals surface area contributed by atoms with Gasteiger partial charge in [0, 0.05) is 11.7 Å². The Balaban J connectivity index is 1.73. The molecule has 0 spiro atoms. The van der Waals surface area contributed by atoms with E-state index in [1.165, 1.54) is 35.7 Å². The van der Waals surface area contributed by atoms with Crippen molar-refractivity contribution in [2.24, 2.45) is 0 Å². The number of fused-ring (bicyclic) bond motifs is 1. The summed E-state index contributed by atoms with van der Waals surface area (Å²) in [6, 6.07) is 8.69. The van der Waals surface area contributed by atoms with Crippen LogP contribution in [-0.2, 0) is 13.1 Å². The van der Waals surface area contributed by atoms with E-state index in [2.05, 4.69) is 65.4 Å². The fourth-order valence-corrected chi connectivity index (χ4v) is 2.68. The van der Waals surface area contributed by atoms with Crippen molar-refractivity contribution in [1.82, 2.24) is 19.6 Å². The SMILES string of the molecule is CCCCCc1cn(Cn2ccc3cc(C)ccc32)nn1. The van der Waals surface area contributed by atoms with Gasteiger partial charge < -0.3 is 4.57 Å². The molecule has 0 amide bonds. The van der Waals surface area contributed by atoms with Gasteiger partial charge in [-0.05, 0) is 43.4 Å². The van der Waals surface area contributed by atoms with Crippen LogP contribution in [0.25, 0.3) is 10.9 Å². The second-order valence-corrected chi connectivity index (χ2v) is 5.70. The van der Waals surface area contributed by atoms with Gasteiger partial charge in [-0.3, -0.25) is 0 Å². The first kappa shape index (κ1) is 13.9. The third-order valence-electron chi connectivity index (χ3n) is 3.85. The van der Waals surface area contributed by atoms with E-state index in [1.54, 1.807) is 0 Å². The quantitative estimate of drug-likeness (QED) is 0.645. The van der Waals surface area contributed by atoms with E-state index >= 15 is 0 Å². The van der Waals surface area contributed by atoms with Gasteiger partial charge in [0.1, 0.15) is 6.67 Å². The minimum atomic E-state index is 0.716. The van der Waals surface area contributed by atoms with E-state index in [0.717, 1.165) is 12.1 Å². The van der Waals surface area contributed by atoms with Crippen molar-refractivity contribution in [3.63, 3.8) is 0 Å². The lowest BCUT2D eigenvalue weighted by Crippen LogP contribution is -2.07. The Hall–Kier alpha value is -2.10. The average molecular weight is 282 g/mol. The van der Waals surface area contributed by atoms with Crippen molar-refractivity contribution in [2.75, 3.05) is 0 Å². The Morgan fingerprint density at radius 3 is 2.90 bits per heavy atom. The van der Waals surface area contributed by atoms with Gasteiger partial charge in [0.05, 0.1) is 11.9 Å². The molecule has 21 heavy (non-hydrogen) atoms. The van der Waals surface area contributed by atoms with E-state index in [4.69, 9.17) is 0 Å². The Morgan fingerprint density at radius 1 is 1.14 bits per heavy atom. The zero-order valence-electron chi connectivity index (χ0n) is 12.8. The molecule has 2 heterocycles. The van der Waals surface area contributed by atoms with Crippen molar-refractivity contribution < 1.29 is 0 Å². The van der Waals surface area contributed by atoms with Crippen molar-refractivity contribution in [3.8, 4) is 0 Å². The standard InChI is InChI=1S/C17H22N4/c1-3-4-5-6-16-12-21(19-18-16)13-20-10-9-15-11-14(2)7-8-17(15)20/h7-12H,3-6,13H2,1-2H3. The first-order valence-electron chi connectivity index (χ1n) is 7.71. The molecule has 4 nitrogen and oxygen atoms in total. The molecule has 0 saturated carbocycles. The van der Waals surface area contributed by atoms with Crippen LogP contribution in [-0.4, -0.2) is 19.6 Å². The number of aromatic nitrogens is 4. The predicted octanol–water partition coefficient (Wildman–Crippen LogP) is 3.78. The minimum absolute atomic E-state index is 0.716. The van der Waals surface area contributed by atoms with Gasteiger partial charge in [0.15, 0.2) is 0 Å². The summed E-state index contributed by atoms with van der Waals surface area (Å²) in [4.78, 5) is 0. The highest BCUT2D eigenvalue weighted by Gasteiger charge is 2.04. The number of nitrogens with zero attached hydrogens (tertiary/aromatic N) is 4. The van der Waals surface area contributed by atoms with E-state index < -0.39 is 0 Å². The smallest absolute Gasteiger partial charge is 0.118 e. The van der Waals surface area contributed by atoms with Crippen LogP contribution in [0.3, 0.4) is 0 Å². The molecule has 4 heteroatoms. The van der Waals surface area contributed by atoms with E-state index in [-0.39, 0.29) is 0 Å². The van der Waals surface area contributed by atoms with Gasteiger partial charge >= 0.3 is 0 Å². The molecule has 0 N–H and O–H groups in total. The second kappa shape index (κ2) is 6.12. The molecule has 0 saturated heterocycles. The highest BCUT2D eigenvalue weighted by atomic mass is 15.4. The zero-order valence-corrected chi connectivity index (χ0v) is 12.8. The normalized spacial score (nSPS) is 11.3. The first-order chi connectivity index (χ1) is 10.3. The Kier molecular flexibility index (Phi) is 4.04. The number of unbranched alkanes of at least 4 members (excludes halogenated alkanes) is 2. The molecule has 3 rings (SSSR count). The first-order valence-corrected chi connectivity index (χ1v) is 7.71. The maximum absolute atomic E-state index is 4.26. The molecule has 0 radical (unpaired) electrons. The van der Waals surface area contributed by atoms with Crippen LogP contribution in [0, 0.1) is 6.92 Å². The molecular formula is C17H22N4. The summed E-state index contributed by atoms with van der Waals surface area (Å²) in [5, 5.41) is 9.78. The van der Waals surface area contributed by atoms with Crippen LogP contribution in [0.4, 0.5) is 0 Å². The highest BCUT2D eigenvalue weighted by molar-refractivity contribution is 5.80. The Labute approximate surface area is 125 Å². The van der Waals surface area contributed by atoms with Gasteiger partial charge in [-0.1, -0.05) is 36.6 Å². The van der Waals surface area contributed by atoms with Gasteiger partial charge in [-0.25, -0.2) is 4.68 Å². The van der Waals surface area contributed by atoms with Crippen LogP contribution >= 0.6 is 0 Å². The molecule has 0 unspecified atom stereocenters. The largest absolute Gasteiger partial charge is 0.327 e. The molecular weight excluding hydrogens is 260 g/mol. The van der Waals surface area contributed by atoms with Gasteiger partial charge in [0.25, 0.3) is 0 Å². The van der Waals surface area contributed by atoms with E-state index in [0.29, 0.717) is 6.67 Å². The van der Waals surface area contributed by atoms with Crippen molar-refractivity contribution in [3.05, 3.63) is 47.9 Å². The summed E-state index contributed by atoms with van der Waals surface area (Å²) < 4.78 is 4.12. The molecule has 0 fully saturated rings. The van der Waals surface area contributed by atoms with Crippen LogP contribution in [0.15, 0.2) is 36.7 Å². The molecule has 1 aromatic carbocycles. The van der Waals surface area contributed by atoms with Crippen molar-refractivity contribution >= 4 is 10.9 Å². The topological polar surface area (TPSA) is 35.6 Å². The number of hydrogen-bond donors (Lipinski definition) is 0. The predicted molar refractivity (Wildman–Crippen MR) is 85.3 cm³/mol. The summed E-state index contributed by atoms with van der Waals surface area (Å²) >= 11 is 0. The maximum Gasteiger partial charge on any atom is 0.118 e. The highest BCUT2D eigenvalue weighted by Crippen LogP contribution is 2.17. The zero-order chi connectivity index (χ0) is 14.7. The fraction of sp³-hybridized carbons (Fsp3) is 0.412. The van der Waals surface area contributed by atoms with Crippen molar-refractivity contribution in [2.45, 2.75) is 46.2 Å². The molecule has 110 valence electrons. The van der Waals surface area contributed by atoms with Gasteiger partial charge in [-0.15, -0.1) is 5.10 Å². The maximum atomic E-state index is 4.26. The van der Waals surface area contributed by atoms with Crippen LogP contribution in [0.5, 0.6) is 0 Å². The summed E-state index contributed by atoms with van der Waals surface area (Å²) in [6.07, 6.45) is 8.90. The molecule has 0 aliphatic carbocycles. The summed E-state index contributed by atoms with van der Waals surface area (Å²) in [6.45, 7) is 5.06. The third-order valence-corrected chi connectivity index (χ3v) is 3.85. The second-order valence-electron chi connectivity index (χ2n) is 5.70. The monoisotopic (exact) mass is 282 g/mol. The number of rotatable bonds is 6. The summed E-state index contributed by atoms with van der Waals surface area (Å²) in [5.74, 6) is 0. The van der Waals surface area contributed by atoms with Crippen LogP contribution < -0.4 is 0 Å². The minimum Gasteiger partial charge on any atom is -0.327 e. The van der Waals surface area contributed by atoms with E-state index in [1.807, 2.05) is 4.68 Å². The van der Waals surface area contributed by atoms with Crippen LogP contribution in [0.2, 0.25) is 0 Å². The lowest BCUT2D eigenvalue weighted by atomic mass is 10.2. The fourth-order valence-electron chi connectivity index (χ4n) is 2.68. The number of aryl methyl sites for hydroxylation is 2. The average Bonchev–Trinajstić information content (AvgIpc) is 3.07. The van der Waals surface area contributed by atoms with Crippen LogP contribution in [0.1, 0.15) is 37.4 Å². The van der Waals surface area contributed by atoms with Gasteiger partial charge in [0.2, 0.25) is 0 Å². The lowest BCUT2D eigenvalue weighted by Gasteiger charge is -2.05. The Morgan fingerprint density at radius 2 is 2.05 bits per heavy atom. The molecule has 0 aliphatic rings. The molecule has 0 atom stereocenters. The molecule has 2 aromatic heterocycles. The third kappa shape index (κ3) is 3.15. The molecule has 0 aliphatic heterocycles. The summed E-state index contributed by atoms with van der Waals surface area (Å²) in [5.41, 5.74) is 3.62. The van der Waals surface area contributed by atoms with E-state index in [9.17, 15) is 0 Å².